The van der Waals surface area contributed by atoms with Crippen molar-refractivity contribution in [1.82, 2.24) is 0 Å². The van der Waals surface area contributed by atoms with Crippen molar-refractivity contribution in [3.8, 4) is 5.75 Å². The summed E-state index contributed by atoms with van der Waals surface area (Å²) in [5.41, 5.74) is 0.770. The molecular formula is C22H23N5O7. The first kappa shape index (κ1) is 24.2. The molecule has 3 rings (SSSR count). The lowest BCUT2D eigenvalue weighted by Crippen LogP contribution is -2.29. The Labute approximate surface area is 194 Å². The number of hydrogen-bond donors (Lipinski definition) is 5. The van der Waals surface area contributed by atoms with Gasteiger partial charge in [0, 0.05) is 30.2 Å². The number of nitro benzene ring substituents is 2. The highest BCUT2D eigenvalue weighted by atomic mass is 16.6. The van der Waals surface area contributed by atoms with Crippen LogP contribution in [0.2, 0.25) is 0 Å². The second kappa shape index (κ2) is 10.9. The molecule has 12 nitrogen and oxygen atoms in total. The second-order valence-electron chi connectivity index (χ2n) is 7.18. The molecule has 0 aliphatic heterocycles. The second-order valence-corrected chi connectivity index (χ2v) is 7.18. The van der Waals surface area contributed by atoms with Gasteiger partial charge in [0.15, 0.2) is 0 Å². The topological polar surface area (TPSA) is 174 Å². The van der Waals surface area contributed by atoms with Crippen LogP contribution >= 0.6 is 0 Å². The number of nitro groups is 2. The molecule has 0 aromatic heterocycles. The van der Waals surface area contributed by atoms with Gasteiger partial charge in [-0.15, -0.1) is 0 Å². The van der Waals surface area contributed by atoms with Gasteiger partial charge in [-0.25, -0.2) is 0 Å². The van der Waals surface area contributed by atoms with Gasteiger partial charge in [0.2, 0.25) is 0 Å². The van der Waals surface area contributed by atoms with Crippen molar-refractivity contribution in [3.05, 3.63) is 80.9 Å². The minimum Gasteiger partial charge on any atom is -0.508 e. The Morgan fingerprint density at radius 1 is 0.735 bits per heavy atom. The third kappa shape index (κ3) is 5.88. The first-order valence-corrected chi connectivity index (χ1v) is 10.2. The van der Waals surface area contributed by atoms with E-state index in [0.717, 1.165) is 11.8 Å². The van der Waals surface area contributed by atoms with Crippen molar-refractivity contribution in [2.75, 3.05) is 41.8 Å². The Morgan fingerprint density at radius 3 is 1.59 bits per heavy atom. The summed E-state index contributed by atoms with van der Waals surface area (Å²) in [4.78, 5) is 23.5. The van der Waals surface area contributed by atoms with Gasteiger partial charge >= 0.3 is 0 Å². The van der Waals surface area contributed by atoms with Crippen LogP contribution in [0.5, 0.6) is 5.75 Å². The fourth-order valence-electron chi connectivity index (χ4n) is 3.30. The third-order valence-electron chi connectivity index (χ3n) is 4.91. The van der Waals surface area contributed by atoms with Crippen LogP contribution in [-0.2, 0) is 0 Å². The zero-order valence-corrected chi connectivity index (χ0v) is 17.9. The summed E-state index contributed by atoms with van der Waals surface area (Å²) in [5, 5.41) is 56.8. The lowest BCUT2D eigenvalue weighted by Gasteiger charge is -2.23. The Bertz CT molecular complexity index is 1150. The van der Waals surface area contributed by atoms with Crippen LogP contribution in [0.3, 0.4) is 0 Å². The van der Waals surface area contributed by atoms with E-state index in [-0.39, 0.29) is 30.3 Å². The molecule has 3 aromatic rings. The summed E-state index contributed by atoms with van der Waals surface area (Å²) in [6.07, 6.45) is 0. The molecule has 0 radical (unpaired) electrons. The lowest BCUT2D eigenvalue weighted by atomic mass is 10.1. The molecule has 12 heteroatoms. The van der Waals surface area contributed by atoms with Gasteiger partial charge in [-0.2, -0.15) is 0 Å². The maximum atomic E-state index is 11.6. The van der Waals surface area contributed by atoms with E-state index in [9.17, 15) is 35.5 Å². The molecule has 34 heavy (non-hydrogen) atoms. The molecular weight excluding hydrogens is 446 g/mol. The molecule has 0 amide bonds. The number of aliphatic hydroxyl groups excluding tert-OH is 2. The molecule has 5 N–H and O–H groups in total. The van der Waals surface area contributed by atoms with E-state index in [1.807, 2.05) is 0 Å². The van der Waals surface area contributed by atoms with Gasteiger partial charge in [-0.3, -0.25) is 20.2 Å². The third-order valence-corrected chi connectivity index (χ3v) is 4.91. The predicted molar refractivity (Wildman–Crippen MR) is 127 cm³/mol. The minimum atomic E-state index is -0.717. The van der Waals surface area contributed by atoms with Gasteiger partial charge in [-0.05, 0) is 54.6 Å². The van der Waals surface area contributed by atoms with Gasteiger partial charge in [0.05, 0.1) is 29.1 Å². The number of nitrogens with one attached hydrogen (secondary N) is 2. The van der Waals surface area contributed by atoms with Crippen molar-refractivity contribution in [2.45, 2.75) is 0 Å². The molecule has 0 fully saturated rings. The molecule has 0 heterocycles. The molecule has 0 atom stereocenters. The van der Waals surface area contributed by atoms with Crippen LogP contribution in [-0.4, -0.2) is 51.5 Å². The van der Waals surface area contributed by atoms with E-state index >= 15 is 0 Å². The lowest BCUT2D eigenvalue weighted by molar-refractivity contribution is -0.393. The normalized spacial score (nSPS) is 10.5. The van der Waals surface area contributed by atoms with E-state index in [0.29, 0.717) is 24.5 Å². The van der Waals surface area contributed by atoms with Gasteiger partial charge < -0.3 is 30.9 Å². The van der Waals surface area contributed by atoms with E-state index in [4.69, 9.17) is 0 Å². The van der Waals surface area contributed by atoms with Gasteiger partial charge in [0.25, 0.3) is 11.4 Å². The predicted octanol–water partition coefficient (Wildman–Crippen LogP) is 3.49. The van der Waals surface area contributed by atoms with E-state index in [1.54, 1.807) is 29.2 Å². The zero-order chi connectivity index (χ0) is 24.7. The number of nitrogens with zero attached hydrogens (tertiary/aromatic N) is 3. The quantitative estimate of drug-likeness (QED) is 0.159. The Hall–Kier alpha value is -4.42. The molecule has 0 saturated carbocycles. The summed E-state index contributed by atoms with van der Waals surface area (Å²) >= 11 is 0. The van der Waals surface area contributed by atoms with Crippen molar-refractivity contribution < 1.29 is 25.2 Å². The first-order chi connectivity index (χ1) is 16.3. The number of phenolic OH excluding ortho intramolecular Hbond substituents is 1. The monoisotopic (exact) mass is 469 g/mol. The molecule has 0 aliphatic rings. The minimum absolute atomic E-state index is 0.0195. The van der Waals surface area contributed by atoms with Crippen LogP contribution < -0.4 is 15.5 Å². The average molecular weight is 469 g/mol. The molecule has 0 unspecified atom stereocenters. The Kier molecular flexibility index (Phi) is 7.79. The number of phenols is 1. The van der Waals surface area contributed by atoms with Crippen molar-refractivity contribution in [3.63, 3.8) is 0 Å². The number of benzene rings is 3. The summed E-state index contributed by atoms with van der Waals surface area (Å²) < 4.78 is 0. The highest BCUT2D eigenvalue weighted by molar-refractivity contribution is 5.82. The fourth-order valence-corrected chi connectivity index (χ4v) is 3.30. The maximum Gasteiger partial charge on any atom is 0.299 e. The highest BCUT2D eigenvalue weighted by Gasteiger charge is 2.25. The maximum absolute atomic E-state index is 11.6. The number of anilines is 5. The molecule has 178 valence electrons. The van der Waals surface area contributed by atoms with E-state index < -0.39 is 21.2 Å². The van der Waals surface area contributed by atoms with Crippen LogP contribution in [0.25, 0.3) is 0 Å². The molecule has 0 aliphatic carbocycles. The Balaban J connectivity index is 1.95. The SMILES string of the molecule is O=[N+]([O-])c1cc([N+](=O)[O-])c(Nc2ccc(N(CCO)CCO)cc2)cc1Nc1ccc(O)cc1. The van der Waals surface area contributed by atoms with Crippen molar-refractivity contribution >= 4 is 39.8 Å². The van der Waals surface area contributed by atoms with E-state index in [2.05, 4.69) is 10.6 Å². The van der Waals surface area contributed by atoms with E-state index in [1.165, 1.54) is 30.3 Å². The standard InChI is InChI=1S/C22H23N5O7/c28-11-9-25(10-12-29)17-5-1-15(2-6-17)23-19-13-20(24-16-3-7-18(30)8-4-16)22(27(33)34)14-21(19)26(31)32/h1-8,13-14,23-24,28-30H,9-12H2. The summed E-state index contributed by atoms with van der Waals surface area (Å²) in [6.45, 7) is 0.471. The largest absolute Gasteiger partial charge is 0.508 e. The van der Waals surface area contributed by atoms with Crippen LogP contribution in [0, 0.1) is 20.2 Å². The molecule has 3 aromatic carbocycles. The van der Waals surface area contributed by atoms with Crippen LogP contribution in [0.4, 0.5) is 39.8 Å². The fraction of sp³-hybridized carbons (Fsp3) is 0.182. The van der Waals surface area contributed by atoms with Crippen LogP contribution in [0.15, 0.2) is 60.7 Å². The smallest absolute Gasteiger partial charge is 0.299 e. The van der Waals surface area contributed by atoms with Crippen molar-refractivity contribution in [2.24, 2.45) is 0 Å². The van der Waals surface area contributed by atoms with Crippen molar-refractivity contribution in [1.29, 1.82) is 0 Å². The van der Waals surface area contributed by atoms with Crippen LogP contribution in [0.1, 0.15) is 0 Å². The van der Waals surface area contributed by atoms with Gasteiger partial charge in [0.1, 0.15) is 17.1 Å². The van der Waals surface area contributed by atoms with Gasteiger partial charge in [-0.1, -0.05) is 0 Å². The molecule has 0 spiro atoms. The zero-order valence-electron chi connectivity index (χ0n) is 17.9. The average Bonchev–Trinajstić information content (AvgIpc) is 2.81. The summed E-state index contributed by atoms with van der Waals surface area (Å²) in [6, 6.07) is 14.7. The molecule has 0 saturated heterocycles. The molecule has 0 bridgehead atoms. The number of aromatic hydroxyl groups is 1. The summed E-state index contributed by atoms with van der Waals surface area (Å²) in [5.74, 6) is 0.0195. The highest BCUT2D eigenvalue weighted by Crippen LogP contribution is 2.39. The Morgan fingerprint density at radius 2 is 1.18 bits per heavy atom. The number of aliphatic hydroxyl groups is 2. The first-order valence-electron chi connectivity index (χ1n) is 10.2. The number of hydrogen-bond acceptors (Lipinski definition) is 10. The number of rotatable bonds is 11. The summed E-state index contributed by atoms with van der Waals surface area (Å²) in [7, 11) is 0.